The zero-order chi connectivity index (χ0) is 12.5. The van der Waals surface area contributed by atoms with E-state index >= 15 is 0 Å². The highest BCUT2D eigenvalue weighted by Gasteiger charge is 2.31. The topological polar surface area (TPSA) is 50.4 Å². The Bertz CT molecular complexity index is 434. The minimum atomic E-state index is -4.40. The summed E-state index contributed by atoms with van der Waals surface area (Å²) in [7, 11) is 0. The molecular weight excluding hydrogens is 237 g/mol. The molecular formula is C10H9F3N2O2. The molecule has 7 heteroatoms. The molecule has 1 aliphatic heterocycles. The summed E-state index contributed by atoms with van der Waals surface area (Å²) in [5.74, 6) is 0. The maximum atomic E-state index is 12.5. The summed E-state index contributed by atoms with van der Waals surface area (Å²) in [5.41, 5.74) is 4.28. The van der Waals surface area contributed by atoms with Crippen LogP contribution in [0.15, 0.2) is 24.3 Å². The molecule has 17 heavy (non-hydrogen) atoms. The zero-order valence-electron chi connectivity index (χ0n) is 8.54. The second kappa shape index (κ2) is 4.25. The first kappa shape index (κ1) is 11.7. The summed E-state index contributed by atoms with van der Waals surface area (Å²) in [6, 6.07) is 4.72. The minimum absolute atomic E-state index is 0.215. The number of hydrogen-bond donors (Lipinski definition) is 2. The van der Waals surface area contributed by atoms with Gasteiger partial charge in [-0.05, 0) is 17.7 Å². The molecule has 0 aliphatic carbocycles. The van der Waals surface area contributed by atoms with E-state index in [2.05, 4.69) is 10.9 Å². The Balaban J connectivity index is 2.24. The van der Waals surface area contributed by atoms with E-state index in [0.29, 0.717) is 5.56 Å². The first-order chi connectivity index (χ1) is 7.97. The molecule has 1 saturated heterocycles. The monoisotopic (exact) mass is 246 g/mol. The molecule has 1 amide bonds. The van der Waals surface area contributed by atoms with Crippen LogP contribution in [-0.2, 0) is 10.9 Å². The maximum absolute atomic E-state index is 12.5. The van der Waals surface area contributed by atoms with E-state index in [0.717, 1.165) is 12.1 Å². The molecule has 0 saturated carbocycles. The van der Waals surface area contributed by atoms with E-state index < -0.39 is 23.9 Å². The van der Waals surface area contributed by atoms with Crippen LogP contribution in [0.2, 0.25) is 0 Å². The largest absolute Gasteiger partial charge is 0.439 e. The number of alkyl halides is 3. The van der Waals surface area contributed by atoms with Crippen LogP contribution in [0.3, 0.4) is 0 Å². The number of rotatable bonds is 1. The standard InChI is InChI=1S/C10H9F3N2O2/c11-10(12,13)7-3-1-2-6(4-7)8-5-14-15-9(16)17-8/h1-4,8,14H,5H2,(H,15,16). The Kier molecular flexibility index (Phi) is 2.93. The number of amides is 1. The minimum Gasteiger partial charge on any atom is -0.439 e. The molecule has 4 nitrogen and oxygen atoms in total. The first-order valence-corrected chi connectivity index (χ1v) is 4.83. The molecule has 0 bridgehead atoms. The van der Waals surface area contributed by atoms with Crippen molar-refractivity contribution in [2.45, 2.75) is 12.3 Å². The highest BCUT2D eigenvalue weighted by atomic mass is 19.4. The van der Waals surface area contributed by atoms with Gasteiger partial charge in [0.15, 0.2) is 0 Å². The highest BCUT2D eigenvalue weighted by Crippen LogP contribution is 2.31. The van der Waals surface area contributed by atoms with Gasteiger partial charge in [0.2, 0.25) is 0 Å². The number of benzene rings is 1. The van der Waals surface area contributed by atoms with Crippen LogP contribution in [0, 0.1) is 0 Å². The molecule has 2 rings (SSSR count). The van der Waals surface area contributed by atoms with Crippen molar-refractivity contribution in [3.05, 3.63) is 35.4 Å². The number of carbonyl (C=O) groups is 1. The predicted octanol–water partition coefficient (Wildman–Crippen LogP) is 1.99. The van der Waals surface area contributed by atoms with Crippen molar-refractivity contribution >= 4 is 6.09 Å². The number of hydrogen-bond acceptors (Lipinski definition) is 3. The molecule has 1 unspecified atom stereocenters. The van der Waals surface area contributed by atoms with Crippen LogP contribution in [0.25, 0.3) is 0 Å². The zero-order valence-corrected chi connectivity index (χ0v) is 8.54. The average Bonchev–Trinajstić information content (AvgIpc) is 2.28. The Morgan fingerprint density at radius 2 is 2.12 bits per heavy atom. The van der Waals surface area contributed by atoms with E-state index in [4.69, 9.17) is 4.74 Å². The average molecular weight is 246 g/mol. The van der Waals surface area contributed by atoms with Gasteiger partial charge in [-0.1, -0.05) is 12.1 Å². The third-order valence-corrected chi connectivity index (χ3v) is 2.31. The van der Waals surface area contributed by atoms with Crippen molar-refractivity contribution in [2.75, 3.05) is 6.54 Å². The van der Waals surface area contributed by atoms with Gasteiger partial charge in [0.25, 0.3) is 0 Å². The lowest BCUT2D eigenvalue weighted by atomic mass is 10.1. The van der Waals surface area contributed by atoms with Gasteiger partial charge in [0, 0.05) is 0 Å². The van der Waals surface area contributed by atoms with Gasteiger partial charge < -0.3 is 4.74 Å². The maximum Gasteiger partial charge on any atom is 0.422 e. The van der Waals surface area contributed by atoms with Crippen molar-refractivity contribution in [1.82, 2.24) is 10.9 Å². The van der Waals surface area contributed by atoms with Crippen LogP contribution < -0.4 is 10.9 Å². The van der Waals surface area contributed by atoms with E-state index in [1.165, 1.54) is 12.1 Å². The van der Waals surface area contributed by atoms with E-state index in [1.54, 1.807) is 0 Å². The van der Waals surface area contributed by atoms with Crippen LogP contribution in [-0.4, -0.2) is 12.6 Å². The molecule has 1 heterocycles. The smallest absolute Gasteiger partial charge is 0.422 e. The molecule has 0 aromatic heterocycles. The summed E-state index contributed by atoms with van der Waals surface area (Å²) in [6.45, 7) is 0.215. The summed E-state index contributed by atoms with van der Waals surface area (Å²) in [5, 5.41) is 0. The fourth-order valence-corrected chi connectivity index (χ4v) is 1.52. The number of hydrazine groups is 1. The Morgan fingerprint density at radius 1 is 1.35 bits per heavy atom. The Morgan fingerprint density at radius 3 is 2.76 bits per heavy atom. The highest BCUT2D eigenvalue weighted by molar-refractivity contribution is 5.67. The van der Waals surface area contributed by atoms with Gasteiger partial charge >= 0.3 is 12.3 Å². The molecule has 1 fully saturated rings. The van der Waals surface area contributed by atoms with Crippen LogP contribution >= 0.6 is 0 Å². The van der Waals surface area contributed by atoms with E-state index in [9.17, 15) is 18.0 Å². The molecule has 1 aromatic rings. The number of nitrogens with one attached hydrogen (secondary N) is 2. The van der Waals surface area contributed by atoms with Crippen LogP contribution in [0.1, 0.15) is 17.2 Å². The van der Waals surface area contributed by atoms with Crippen molar-refractivity contribution in [2.24, 2.45) is 0 Å². The SMILES string of the molecule is O=C1NNCC(c2cccc(C(F)(F)F)c2)O1. The van der Waals surface area contributed by atoms with E-state index in [1.807, 2.05) is 0 Å². The molecule has 1 aromatic carbocycles. The fourth-order valence-electron chi connectivity index (χ4n) is 1.52. The number of halogens is 3. The summed E-state index contributed by atoms with van der Waals surface area (Å²) in [6.07, 6.45) is -5.83. The van der Waals surface area contributed by atoms with Crippen LogP contribution in [0.5, 0.6) is 0 Å². The van der Waals surface area contributed by atoms with Crippen LogP contribution in [0.4, 0.5) is 18.0 Å². The Hall–Kier alpha value is -1.76. The number of carbonyl (C=O) groups excluding carboxylic acids is 1. The molecule has 0 spiro atoms. The van der Waals surface area contributed by atoms with E-state index in [-0.39, 0.29) is 6.54 Å². The third-order valence-electron chi connectivity index (χ3n) is 2.31. The lowest BCUT2D eigenvalue weighted by molar-refractivity contribution is -0.137. The quantitative estimate of drug-likeness (QED) is 0.796. The van der Waals surface area contributed by atoms with Crippen molar-refractivity contribution in [3.8, 4) is 0 Å². The molecule has 2 N–H and O–H groups in total. The van der Waals surface area contributed by atoms with Gasteiger partial charge in [-0.2, -0.15) is 13.2 Å². The van der Waals surface area contributed by atoms with Gasteiger partial charge in [0.05, 0.1) is 12.1 Å². The molecule has 92 valence electrons. The van der Waals surface area contributed by atoms with Gasteiger partial charge in [0.1, 0.15) is 6.10 Å². The lowest BCUT2D eigenvalue weighted by Gasteiger charge is -2.24. The molecule has 0 radical (unpaired) electrons. The third kappa shape index (κ3) is 2.68. The Labute approximate surface area is 94.7 Å². The number of ether oxygens (including phenoxy) is 1. The predicted molar refractivity (Wildman–Crippen MR) is 51.8 cm³/mol. The lowest BCUT2D eigenvalue weighted by Crippen LogP contribution is -2.46. The fraction of sp³-hybridized carbons (Fsp3) is 0.300. The first-order valence-electron chi connectivity index (χ1n) is 4.83. The second-order valence-corrected chi connectivity index (χ2v) is 3.52. The summed E-state index contributed by atoms with van der Waals surface area (Å²) < 4.78 is 42.3. The van der Waals surface area contributed by atoms with Gasteiger partial charge in [-0.25, -0.2) is 10.2 Å². The van der Waals surface area contributed by atoms with Crippen molar-refractivity contribution < 1.29 is 22.7 Å². The van der Waals surface area contributed by atoms with Crippen molar-refractivity contribution in [1.29, 1.82) is 0 Å². The van der Waals surface area contributed by atoms with Gasteiger partial charge in [-0.3, -0.25) is 5.43 Å². The van der Waals surface area contributed by atoms with Crippen molar-refractivity contribution in [3.63, 3.8) is 0 Å². The second-order valence-electron chi connectivity index (χ2n) is 3.52. The summed E-state index contributed by atoms with van der Waals surface area (Å²) >= 11 is 0. The molecule has 1 atom stereocenters. The van der Waals surface area contributed by atoms with Gasteiger partial charge in [-0.15, -0.1) is 0 Å². The molecule has 1 aliphatic rings. The number of cyclic esters (lactones) is 1. The summed E-state index contributed by atoms with van der Waals surface area (Å²) in [4.78, 5) is 10.9. The normalized spacial score (nSPS) is 20.6.